The number of hydrogen-bond donors (Lipinski definition) is 0. The Morgan fingerprint density at radius 2 is 1.96 bits per heavy atom. The Bertz CT molecular complexity index is 738. The predicted octanol–water partition coefficient (Wildman–Crippen LogP) is 2.45. The molecule has 1 aliphatic heterocycles. The molecule has 0 radical (unpaired) electrons. The summed E-state index contributed by atoms with van der Waals surface area (Å²) in [6.07, 6.45) is 7.50. The third-order valence-electron chi connectivity index (χ3n) is 4.97. The number of carbonyl (C=O) groups is 1. The summed E-state index contributed by atoms with van der Waals surface area (Å²) in [5, 5.41) is 8.06. The minimum atomic E-state index is -0.0224. The molecular weight excluding hydrogens is 306 g/mol. The van der Waals surface area contributed by atoms with Crippen LogP contribution in [-0.4, -0.2) is 43.6 Å². The first-order valence-corrected chi connectivity index (χ1v) is 8.56. The third-order valence-corrected chi connectivity index (χ3v) is 4.97. The molecule has 4 rings (SSSR count). The Morgan fingerprint density at radius 3 is 2.58 bits per heavy atom. The fourth-order valence-electron chi connectivity index (χ4n) is 3.39. The van der Waals surface area contributed by atoms with Gasteiger partial charge in [-0.3, -0.25) is 4.79 Å². The normalized spacial score (nSPS) is 24.2. The fraction of sp³-hybridized carbons (Fsp3) is 0.588. The molecule has 2 aromatic heterocycles. The van der Waals surface area contributed by atoms with Crippen molar-refractivity contribution in [2.45, 2.75) is 57.4 Å². The maximum Gasteiger partial charge on any atom is 0.257 e. The molecule has 3 heterocycles. The van der Waals surface area contributed by atoms with Gasteiger partial charge in [-0.2, -0.15) is 0 Å². The lowest BCUT2D eigenvalue weighted by Gasteiger charge is -2.37. The number of nitrogens with zero attached hydrogens (tertiary/aromatic N) is 5. The van der Waals surface area contributed by atoms with Crippen LogP contribution in [0.5, 0.6) is 0 Å². The van der Waals surface area contributed by atoms with Gasteiger partial charge in [-0.25, -0.2) is 9.97 Å². The zero-order valence-corrected chi connectivity index (χ0v) is 14.0. The third kappa shape index (κ3) is 2.79. The second kappa shape index (κ2) is 5.96. The van der Waals surface area contributed by atoms with Crippen molar-refractivity contribution in [2.75, 3.05) is 6.54 Å². The second-order valence-electron chi connectivity index (χ2n) is 6.75. The van der Waals surface area contributed by atoms with Gasteiger partial charge in [0.15, 0.2) is 0 Å². The Kier molecular flexibility index (Phi) is 3.78. The molecule has 0 unspecified atom stereocenters. The summed E-state index contributed by atoms with van der Waals surface area (Å²) in [5.74, 6) is 2.59. The molecule has 1 aliphatic carbocycles. The van der Waals surface area contributed by atoms with Crippen molar-refractivity contribution < 1.29 is 9.21 Å². The number of aromatic nitrogens is 4. The molecule has 7 heteroatoms. The van der Waals surface area contributed by atoms with Gasteiger partial charge >= 0.3 is 0 Å². The van der Waals surface area contributed by atoms with E-state index in [2.05, 4.69) is 20.2 Å². The minimum absolute atomic E-state index is 0.00853. The molecule has 2 aromatic rings. The van der Waals surface area contributed by atoms with Crippen LogP contribution in [0, 0.1) is 6.92 Å². The van der Waals surface area contributed by atoms with Gasteiger partial charge in [0, 0.05) is 37.8 Å². The van der Waals surface area contributed by atoms with Gasteiger partial charge in [0.05, 0.1) is 11.5 Å². The molecule has 1 amide bonds. The highest BCUT2D eigenvalue weighted by Crippen LogP contribution is 2.37. The molecule has 0 spiro atoms. The highest BCUT2D eigenvalue weighted by molar-refractivity contribution is 5.94. The van der Waals surface area contributed by atoms with Crippen molar-refractivity contribution in [3.05, 3.63) is 35.6 Å². The molecule has 1 saturated carbocycles. The first-order chi connectivity index (χ1) is 11.6. The maximum atomic E-state index is 12.9. The van der Waals surface area contributed by atoms with Crippen molar-refractivity contribution in [2.24, 2.45) is 0 Å². The van der Waals surface area contributed by atoms with Crippen molar-refractivity contribution in [3.8, 4) is 0 Å². The van der Waals surface area contributed by atoms with E-state index in [1.54, 1.807) is 19.3 Å². The maximum absolute atomic E-state index is 12.9. The van der Waals surface area contributed by atoms with Gasteiger partial charge in [0.1, 0.15) is 5.82 Å². The van der Waals surface area contributed by atoms with E-state index in [-0.39, 0.29) is 17.9 Å². The van der Waals surface area contributed by atoms with Crippen molar-refractivity contribution >= 4 is 5.91 Å². The zero-order valence-electron chi connectivity index (χ0n) is 14.0. The van der Waals surface area contributed by atoms with Crippen LogP contribution in [0.4, 0.5) is 0 Å². The van der Waals surface area contributed by atoms with Crippen molar-refractivity contribution in [1.29, 1.82) is 0 Å². The van der Waals surface area contributed by atoms with E-state index in [0.717, 1.165) is 38.1 Å². The highest BCUT2D eigenvalue weighted by Gasteiger charge is 2.35. The van der Waals surface area contributed by atoms with E-state index in [1.807, 2.05) is 11.8 Å². The molecule has 126 valence electrons. The van der Waals surface area contributed by atoms with Crippen LogP contribution in [0.1, 0.15) is 72.4 Å². The summed E-state index contributed by atoms with van der Waals surface area (Å²) in [4.78, 5) is 23.5. The van der Waals surface area contributed by atoms with Crippen LogP contribution < -0.4 is 0 Å². The van der Waals surface area contributed by atoms with Crippen molar-refractivity contribution in [3.63, 3.8) is 0 Å². The van der Waals surface area contributed by atoms with Crippen LogP contribution in [-0.2, 0) is 0 Å². The predicted molar refractivity (Wildman–Crippen MR) is 85.5 cm³/mol. The second-order valence-corrected chi connectivity index (χ2v) is 6.75. The fourth-order valence-corrected chi connectivity index (χ4v) is 3.39. The number of carbonyl (C=O) groups excluding carboxylic acids is 1. The Hall–Kier alpha value is -2.31. The van der Waals surface area contributed by atoms with Gasteiger partial charge in [0.2, 0.25) is 11.8 Å². The molecular formula is C17H21N5O2. The molecule has 0 aromatic carbocycles. The largest absolute Gasteiger partial charge is 0.425 e. The minimum Gasteiger partial charge on any atom is -0.425 e. The number of likely N-dealkylation sites (tertiary alicyclic amines) is 1. The first kappa shape index (κ1) is 15.2. The number of hydrogen-bond acceptors (Lipinski definition) is 6. The topological polar surface area (TPSA) is 85.0 Å². The lowest BCUT2D eigenvalue weighted by atomic mass is 9.89. The average Bonchev–Trinajstić information content (AvgIpc) is 3.36. The Balaban J connectivity index is 1.52. The van der Waals surface area contributed by atoms with E-state index in [1.165, 1.54) is 0 Å². The van der Waals surface area contributed by atoms with E-state index in [0.29, 0.717) is 23.3 Å². The molecule has 2 fully saturated rings. The van der Waals surface area contributed by atoms with Crippen LogP contribution in [0.25, 0.3) is 0 Å². The van der Waals surface area contributed by atoms with Gasteiger partial charge < -0.3 is 9.32 Å². The van der Waals surface area contributed by atoms with Gasteiger partial charge in [0.25, 0.3) is 5.91 Å². The smallest absolute Gasteiger partial charge is 0.257 e. The van der Waals surface area contributed by atoms with E-state index >= 15 is 0 Å². The van der Waals surface area contributed by atoms with E-state index in [9.17, 15) is 4.79 Å². The van der Waals surface area contributed by atoms with Gasteiger partial charge in [-0.15, -0.1) is 10.2 Å². The zero-order chi connectivity index (χ0) is 16.7. The standard InChI is InChI=1S/C17H21N5O2/c1-10-14(16-21-20-11(2)24-16)4-3-7-22(10)17(23)13-8-18-15(19-9-13)12-5-6-12/h8-10,12,14H,3-7H2,1-2H3/t10-,14-/m0/s1. The quantitative estimate of drug-likeness (QED) is 0.861. The summed E-state index contributed by atoms with van der Waals surface area (Å²) in [6, 6.07) is 0.00853. The lowest BCUT2D eigenvalue weighted by Crippen LogP contribution is -2.46. The van der Waals surface area contributed by atoms with Crippen LogP contribution >= 0.6 is 0 Å². The van der Waals surface area contributed by atoms with E-state index < -0.39 is 0 Å². The molecule has 7 nitrogen and oxygen atoms in total. The number of rotatable bonds is 3. The molecule has 2 atom stereocenters. The Labute approximate surface area is 140 Å². The van der Waals surface area contributed by atoms with Crippen LogP contribution in [0.3, 0.4) is 0 Å². The monoisotopic (exact) mass is 327 g/mol. The summed E-state index contributed by atoms with van der Waals surface area (Å²) < 4.78 is 5.59. The van der Waals surface area contributed by atoms with Crippen LogP contribution in [0.2, 0.25) is 0 Å². The summed E-state index contributed by atoms with van der Waals surface area (Å²) in [6.45, 7) is 4.56. The SMILES string of the molecule is Cc1nnc([C@H]2CCCN(C(=O)c3cnc(C4CC4)nc3)[C@H]2C)o1. The molecule has 1 saturated heterocycles. The average molecular weight is 327 g/mol. The molecule has 0 N–H and O–H groups in total. The molecule has 0 bridgehead atoms. The summed E-state index contributed by atoms with van der Waals surface area (Å²) >= 11 is 0. The van der Waals surface area contributed by atoms with E-state index in [4.69, 9.17) is 4.42 Å². The number of amides is 1. The van der Waals surface area contributed by atoms with Crippen molar-refractivity contribution in [1.82, 2.24) is 25.1 Å². The van der Waals surface area contributed by atoms with Gasteiger partial charge in [-0.1, -0.05) is 0 Å². The number of piperidine rings is 1. The van der Waals surface area contributed by atoms with Crippen LogP contribution in [0.15, 0.2) is 16.8 Å². The lowest BCUT2D eigenvalue weighted by molar-refractivity contribution is 0.0581. The summed E-state index contributed by atoms with van der Waals surface area (Å²) in [7, 11) is 0. The Morgan fingerprint density at radius 1 is 1.21 bits per heavy atom. The highest BCUT2D eigenvalue weighted by atomic mass is 16.4. The number of aryl methyl sites for hydroxylation is 1. The summed E-state index contributed by atoms with van der Waals surface area (Å²) in [5.41, 5.74) is 0.550. The molecule has 24 heavy (non-hydrogen) atoms. The van der Waals surface area contributed by atoms with Gasteiger partial charge in [-0.05, 0) is 32.6 Å². The molecule has 2 aliphatic rings. The first-order valence-electron chi connectivity index (χ1n) is 8.56.